The number of hydrogen-bond acceptors (Lipinski definition) is 4. The Hall–Kier alpha value is -2.54. The third-order valence-electron chi connectivity index (χ3n) is 3.04. The van der Waals surface area contributed by atoms with Crippen LogP contribution in [-0.2, 0) is 4.74 Å². The molecule has 2 N–H and O–H groups in total. The fourth-order valence-electron chi connectivity index (χ4n) is 1.85. The zero-order valence-electron chi connectivity index (χ0n) is 12.6. The van der Waals surface area contributed by atoms with Gasteiger partial charge in [0, 0.05) is 32.5 Å². The minimum Gasteiger partial charge on any atom is -0.385 e. The summed E-state index contributed by atoms with van der Waals surface area (Å²) in [6.07, 6.45) is 2.22. The van der Waals surface area contributed by atoms with Gasteiger partial charge < -0.3 is 15.4 Å². The van der Waals surface area contributed by atoms with Crippen LogP contribution >= 0.6 is 0 Å². The number of ether oxygens (including phenoxy) is 1. The Labute approximate surface area is 132 Å². The molecule has 122 valence electrons. The molecule has 1 amide bonds. The highest BCUT2D eigenvalue weighted by atomic mass is 19.1. The first-order valence-electron chi connectivity index (χ1n) is 7.05. The summed E-state index contributed by atoms with van der Waals surface area (Å²) in [6.45, 7) is 1.35. The minimum atomic E-state index is -0.831. The van der Waals surface area contributed by atoms with E-state index < -0.39 is 17.5 Å². The molecule has 1 heterocycles. The molecule has 0 fully saturated rings. The van der Waals surface area contributed by atoms with Crippen LogP contribution in [0.4, 0.5) is 20.3 Å². The quantitative estimate of drug-likeness (QED) is 0.769. The number of aromatic nitrogens is 1. The zero-order chi connectivity index (χ0) is 16.7. The maximum atomic E-state index is 13.5. The van der Waals surface area contributed by atoms with Crippen molar-refractivity contribution < 1.29 is 18.3 Å². The first-order valence-corrected chi connectivity index (χ1v) is 7.05. The highest BCUT2D eigenvalue weighted by Gasteiger charge is 2.10. The van der Waals surface area contributed by atoms with Crippen molar-refractivity contribution in [3.8, 4) is 0 Å². The Bertz CT molecular complexity index is 663. The van der Waals surface area contributed by atoms with E-state index >= 15 is 0 Å². The van der Waals surface area contributed by atoms with Crippen molar-refractivity contribution in [3.63, 3.8) is 0 Å². The normalized spacial score (nSPS) is 10.4. The van der Waals surface area contributed by atoms with Crippen molar-refractivity contribution >= 4 is 17.4 Å². The van der Waals surface area contributed by atoms with E-state index in [0.717, 1.165) is 12.5 Å². The van der Waals surface area contributed by atoms with E-state index in [0.29, 0.717) is 25.0 Å². The van der Waals surface area contributed by atoms with Gasteiger partial charge in [-0.1, -0.05) is 0 Å². The molecule has 0 aliphatic rings. The van der Waals surface area contributed by atoms with Crippen LogP contribution in [0.3, 0.4) is 0 Å². The van der Waals surface area contributed by atoms with E-state index in [1.54, 1.807) is 19.2 Å². The molecule has 2 rings (SSSR count). The van der Waals surface area contributed by atoms with Gasteiger partial charge in [-0.3, -0.25) is 4.79 Å². The van der Waals surface area contributed by atoms with Crippen molar-refractivity contribution in [2.75, 3.05) is 30.9 Å². The molecule has 7 heteroatoms. The van der Waals surface area contributed by atoms with E-state index in [2.05, 4.69) is 15.6 Å². The molecule has 0 aliphatic carbocycles. The molecule has 5 nitrogen and oxygen atoms in total. The number of methoxy groups -OCH3 is 1. The smallest absolute Gasteiger partial charge is 0.257 e. The van der Waals surface area contributed by atoms with Crippen molar-refractivity contribution in [1.82, 2.24) is 4.98 Å². The molecule has 1 aromatic heterocycles. The second-order valence-corrected chi connectivity index (χ2v) is 4.78. The lowest BCUT2D eigenvalue weighted by Crippen LogP contribution is -2.14. The fourth-order valence-corrected chi connectivity index (χ4v) is 1.85. The van der Waals surface area contributed by atoms with Gasteiger partial charge in [0.1, 0.15) is 17.5 Å². The standard InChI is InChI=1S/C16H17F2N3O2/c1-23-8-2-7-19-15-6-3-11(10-20-15)16(22)21-14-5-4-12(17)9-13(14)18/h3-6,9-10H,2,7-8H2,1H3,(H,19,20)(H,21,22). The lowest BCUT2D eigenvalue weighted by atomic mass is 10.2. The number of benzene rings is 1. The number of anilines is 2. The summed E-state index contributed by atoms with van der Waals surface area (Å²) >= 11 is 0. The van der Waals surface area contributed by atoms with Crippen LogP contribution in [0, 0.1) is 11.6 Å². The first-order chi connectivity index (χ1) is 11.1. The number of nitrogens with zero attached hydrogens (tertiary/aromatic N) is 1. The highest BCUT2D eigenvalue weighted by Crippen LogP contribution is 2.16. The summed E-state index contributed by atoms with van der Waals surface area (Å²) < 4.78 is 31.3. The van der Waals surface area contributed by atoms with E-state index in [4.69, 9.17) is 4.74 Å². The topological polar surface area (TPSA) is 63.2 Å². The van der Waals surface area contributed by atoms with Gasteiger partial charge in [-0.05, 0) is 30.7 Å². The number of pyridine rings is 1. The Kier molecular flexibility index (Phi) is 5.99. The second kappa shape index (κ2) is 8.19. The van der Waals surface area contributed by atoms with E-state index in [9.17, 15) is 13.6 Å². The Morgan fingerprint density at radius 1 is 1.26 bits per heavy atom. The largest absolute Gasteiger partial charge is 0.385 e. The van der Waals surface area contributed by atoms with Gasteiger partial charge in [0.05, 0.1) is 11.3 Å². The van der Waals surface area contributed by atoms with Crippen LogP contribution in [0.2, 0.25) is 0 Å². The third kappa shape index (κ3) is 5.00. The van der Waals surface area contributed by atoms with Gasteiger partial charge in [-0.15, -0.1) is 0 Å². The van der Waals surface area contributed by atoms with Crippen molar-refractivity contribution in [1.29, 1.82) is 0 Å². The Morgan fingerprint density at radius 3 is 2.74 bits per heavy atom. The Morgan fingerprint density at radius 2 is 2.09 bits per heavy atom. The van der Waals surface area contributed by atoms with Crippen molar-refractivity contribution in [2.24, 2.45) is 0 Å². The molecule has 0 aliphatic heterocycles. The maximum absolute atomic E-state index is 13.5. The minimum absolute atomic E-state index is 0.0850. The predicted octanol–water partition coefficient (Wildman–Crippen LogP) is 3.06. The number of nitrogens with one attached hydrogen (secondary N) is 2. The fraction of sp³-hybridized carbons (Fsp3) is 0.250. The van der Waals surface area contributed by atoms with Crippen LogP contribution in [0.25, 0.3) is 0 Å². The number of amides is 1. The molecule has 0 bridgehead atoms. The molecule has 23 heavy (non-hydrogen) atoms. The van der Waals surface area contributed by atoms with Crippen LogP contribution in [0.1, 0.15) is 16.8 Å². The third-order valence-corrected chi connectivity index (χ3v) is 3.04. The van der Waals surface area contributed by atoms with Gasteiger partial charge in [0.25, 0.3) is 5.91 Å². The van der Waals surface area contributed by atoms with Crippen LogP contribution in [0.15, 0.2) is 36.5 Å². The van der Waals surface area contributed by atoms with Crippen LogP contribution in [0.5, 0.6) is 0 Å². The summed E-state index contributed by atoms with van der Waals surface area (Å²) in [5.74, 6) is -1.42. The molecule has 0 atom stereocenters. The van der Waals surface area contributed by atoms with Gasteiger partial charge in [0.2, 0.25) is 0 Å². The van der Waals surface area contributed by atoms with Crippen molar-refractivity contribution in [3.05, 3.63) is 53.7 Å². The average molecular weight is 321 g/mol. The molecular weight excluding hydrogens is 304 g/mol. The molecule has 0 spiro atoms. The highest BCUT2D eigenvalue weighted by molar-refractivity contribution is 6.04. The lowest BCUT2D eigenvalue weighted by Gasteiger charge is -2.08. The zero-order valence-corrected chi connectivity index (χ0v) is 12.6. The number of hydrogen-bond donors (Lipinski definition) is 2. The average Bonchev–Trinajstić information content (AvgIpc) is 2.55. The monoisotopic (exact) mass is 321 g/mol. The second-order valence-electron chi connectivity index (χ2n) is 4.78. The van der Waals surface area contributed by atoms with Gasteiger partial charge in [0.15, 0.2) is 0 Å². The van der Waals surface area contributed by atoms with E-state index in [1.165, 1.54) is 12.3 Å². The van der Waals surface area contributed by atoms with E-state index in [-0.39, 0.29) is 11.3 Å². The summed E-state index contributed by atoms with van der Waals surface area (Å²) in [4.78, 5) is 16.1. The summed E-state index contributed by atoms with van der Waals surface area (Å²) in [5, 5.41) is 5.46. The molecule has 0 radical (unpaired) electrons. The summed E-state index contributed by atoms with van der Waals surface area (Å²) in [6, 6.07) is 6.18. The first kappa shape index (κ1) is 16.8. The molecule has 2 aromatic rings. The summed E-state index contributed by atoms with van der Waals surface area (Å²) in [5.41, 5.74) is 0.189. The van der Waals surface area contributed by atoms with Crippen LogP contribution < -0.4 is 10.6 Å². The van der Waals surface area contributed by atoms with Crippen LogP contribution in [-0.4, -0.2) is 31.2 Å². The predicted molar refractivity (Wildman–Crippen MR) is 83.5 cm³/mol. The number of halogens is 2. The van der Waals surface area contributed by atoms with E-state index in [1.807, 2.05) is 0 Å². The SMILES string of the molecule is COCCCNc1ccc(C(=O)Nc2ccc(F)cc2F)cn1. The van der Waals surface area contributed by atoms with Gasteiger partial charge in [-0.25, -0.2) is 13.8 Å². The van der Waals surface area contributed by atoms with Crippen molar-refractivity contribution in [2.45, 2.75) is 6.42 Å². The lowest BCUT2D eigenvalue weighted by molar-refractivity contribution is 0.102. The number of rotatable bonds is 7. The molecule has 0 saturated heterocycles. The molecular formula is C16H17F2N3O2. The van der Waals surface area contributed by atoms with Gasteiger partial charge >= 0.3 is 0 Å². The maximum Gasteiger partial charge on any atom is 0.257 e. The number of carbonyl (C=O) groups excluding carboxylic acids is 1. The Balaban J connectivity index is 1.94. The summed E-state index contributed by atoms with van der Waals surface area (Å²) in [7, 11) is 1.63. The number of carbonyl (C=O) groups is 1. The van der Waals surface area contributed by atoms with Gasteiger partial charge in [-0.2, -0.15) is 0 Å². The molecule has 0 saturated carbocycles. The molecule has 1 aromatic carbocycles. The molecule has 0 unspecified atom stereocenters.